The van der Waals surface area contributed by atoms with Gasteiger partial charge in [0, 0.05) is 0 Å². The molecule has 0 bridgehead atoms. The van der Waals surface area contributed by atoms with E-state index in [0.29, 0.717) is 5.82 Å². The summed E-state index contributed by atoms with van der Waals surface area (Å²) in [6, 6.07) is 4.92. The van der Waals surface area contributed by atoms with Crippen molar-refractivity contribution >= 4 is 5.52 Å². The molecule has 26 heavy (non-hydrogen) atoms. The predicted octanol–water partition coefficient (Wildman–Crippen LogP) is -0.252. The summed E-state index contributed by atoms with van der Waals surface area (Å²) in [5, 5.41) is 34.8. The van der Waals surface area contributed by atoms with E-state index in [0.717, 1.165) is 0 Å². The lowest BCUT2D eigenvalue weighted by Gasteiger charge is -2.24. The third kappa shape index (κ3) is 2.99. The van der Waals surface area contributed by atoms with Crippen LogP contribution in [0.5, 0.6) is 0 Å². The van der Waals surface area contributed by atoms with Crippen LogP contribution >= 0.6 is 0 Å². The van der Waals surface area contributed by atoms with E-state index in [1.54, 1.807) is 6.92 Å². The first-order chi connectivity index (χ1) is 11.8. The predicted molar refractivity (Wildman–Crippen MR) is 88.3 cm³/mol. The Labute approximate surface area is 148 Å². The highest BCUT2D eigenvalue weighted by molar-refractivity contribution is 5.49. The molecule has 4 atom stereocenters. The number of nitriles is 1. The van der Waals surface area contributed by atoms with Gasteiger partial charge >= 0.3 is 0 Å². The van der Waals surface area contributed by atoms with Gasteiger partial charge in [-0.25, -0.2) is 4.52 Å². The number of fused-ring (bicyclic) bond motifs is 1. The fourth-order valence-corrected chi connectivity index (χ4v) is 3.00. The molecule has 3 N–H and O–H groups in total. The average Bonchev–Trinajstić information content (AvgIpc) is 3.08. The number of hydrogen-bond acceptors (Lipinski definition) is 7. The van der Waals surface area contributed by atoms with Crippen LogP contribution in [0.25, 0.3) is 5.52 Å². The Kier molecular flexibility index (Phi) is 5.48. The number of aliphatic hydroxyl groups is 2. The van der Waals surface area contributed by atoms with Crippen molar-refractivity contribution in [3.63, 3.8) is 0 Å². The second kappa shape index (κ2) is 7.13. The zero-order valence-corrected chi connectivity index (χ0v) is 14.5. The molecular formula is C16H21FN4O5. The molecular weight excluding hydrogens is 347 g/mol. The number of aryl methyl sites for hydroxylation is 1. The lowest BCUT2D eigenvalue weighted by Crippen LogP contribution is -2.41. The van der Waals surface area contributed by atoms with Crippen molar-refractivity contribution in [1.82, 2.24) is 14.6 Å². The number of rotatable bonds is 4. The van der Waals surface area contributed by atoms with Crippen LogP contribution in [0.1, 0.15) is 25.4 Å². The third-order valence-corrected chi connectivity index (χ3v) is 4.23. The molecule has 0 spiro atoms. The first-order valence-electron chi connectivity index (χ1n) is 7.96. The number of H-pyrrole nitrogens is 1. The lowest BCUT2D eigenvalue weighted by molar-refractivity contribution is -0.0846. The smallest absolute Gasteiger partial charge is 0.275 e. The van der Waals surface area contributed by atoms with Crippen molar-refractivity contribution in [3.05, 3.63) is 34.0 Å². The van der Waals surface area contributed by atoms with Crippen molar-refractivity contribution < 1.29 is 24.4 Å². The molecule has 0 aliphatic carbocycles. The summed E-state index contributed by atoms with van der Waals surface area (Å²) in [4.78, 5) is 14.6. The molecule has 1 aliphatic heterocycles. The monoisotopic (exact) mass is 368 g/mol. The maximum absolute atomic E-state index is 12.0. The van der Waals surface area contributed by atoms with Gasteiger partial charge in [0.2, 0.25) is 5.60 Å². The van der Waals surface area contributed by atoms with Gasteiger partial charge in [-0.2, -0.15) is 10.4 Å². The molecule has 2 aromatic heterocycles. The summed E-state index contributed by atoms with van der Waals surface area (Å²) in [7, 11) is 0. The summed E-state index contributed by atoms with van der Waals surface area (Å²) >= 11 is 0. The van der Waals surface area contributed by atoms with E-state index in [9.17, 15) is 20.3 Å². The van der Waals surface area contributed by atoms with Crippen LogP contribution in [0.3, 0.4) is 0 Å². The number of ether oxygens (including phenoxy) is 2. The Bertz CT molecular complexity index is 889. The molecule has 0 amide bonds. The van der Waals surface area contributed by atoms with Crippen LogP contribution in [0.4, 0.5) is 4.70 Å². The Morgan fingerprint density at radius 2 is 2.19 bits per heavy atom. The highest BCUT2D eigenvalue weighted by atomic mass is 19.0. The Morgan fingerprint density at radius 1 is 1.50 bits per heavy atom. The van der Waals surface area contributed by atoms with Crippen LogP contribution < -0.4 is 5.56 Å². The second-order valence-corrected chi connectivity index (χ2v) is 6.38. The number of hydrogen-bond donors (Lipinski definition) is 3. The van der Waals surface area contributed by atoms with Gasteiger partial charge < -0.3 is 24.7 Å². The van der Waals surface area contributed by atoms with Gasteiger partial charge in [-0.1, -0.05) is 0 Å². The van der Waals surface area contributed by atoms with E-state index in [2.05, 4.69) is 10.1 Å². The van der Waals surface area contributed by atoms with E-state index in [1.807, 2.05) is 19.9 Å². The minimum Gasteiger partial charge on any atom is -0.387 e. The van der Waals surface area contributed by atoms with Gasteiger partial charge in [-0.15, -0.1) is 0 Å². The Balaban J connectivity index is 0.00000243. The normalized spacial score (nSPS) is 28.3. The minimum absolute atomic E-state index is 0. The number of aromatic nitrogens is 3. The van der Waals surface area contributed by atoms with E-state index in [4.69, 9.17) is 9.47 Å². The molecule has 0 radical (unpaired) electrons. The minimum atomic E-state index is -1.86. The number of nitrogens with one attached hydrogen (secondary N) is 1. The zero-order chi connectivity index (χ0) is 18.4. The molecule has 2 aromatic rings. The fraction of sp³-hybridized carbons (Fsp3) is 0.562. The SMILES string of the molecule is Cc1nn2c([C@]3(C#N)O[C@H](COC(C)C)[C@@H](O)[C@H]3O)ccc2c(=O)[nH]1.F. The van der Waals surface area contributed by atoms with E-state index < -0.39 is 23.9 Å². The third-order valence-electron chi connectivity index (χ3n) is 4.23. The molecule has 3 rings (SSSR count). The summed E-state index contributed by atoms with van der Waals surface area (Å²) in [6.45, 7) is 5.28. The maximum atomic E-state index is 12.0. The number of aromatic amines is 1. The largest absolute Gasteiger partial charge is 0.387 e. The van der Waals surface area contributed by atoms with Crippen LogP contribution in [-0.4, -0.2) is 55.8 Å². The van der Waals surface area contributed by atoms with E-state index in [-0.39, 0.29) is 34.2 Å². The van der Waals surface area contributed by atoms with Gasteiger partial charge in [0.1, 0.15) is 35.7 Å². The quantitative estimate of drug-likeness (QED) is 0.677. The molecule has 142 valence electrons. The van der Waals surface area contributed by atoms with Crippen molar-refractivity contribution in [2.45, 2.75) is 50.8 Å². The van der Waals surface area contributed by atoms with E-state index in [1.165, 1.54) is 16.6 Å². The van der Waals surface area contributed by atoms with Crippen molar-refractivity contribution in [1.29, 1.82) is 5.26 Å². The number of nitrogens with zero attached hydrogens (tertiary/aromatic N) is 3. The Hall–Kier alpha value is -2.32. The maximum Gasteiger partial charge on any atom is 0.275 e. The second-order valence-electron chi connectivity index (χ2n) is 6.38. The highest BCUT2D eigenvalue weighted by Crippen LogP contribution is 2.40. The van der Waals surface area contributed by atoms with Crippen LogP contribution in [-0.2, 0) is 15.1 Å². The molecule has 9 nitrogen and oxygen atoms in total. The van der Waals surface area contributed by atoms with Gasteiger partial charge in [0.25, 0.3) is 5.56 Å². The molecule has 0 aromatic carbocycles. The molecule has 1 fully saturated rings. The van der Waals surface area contributed by atoms with Crippen LogP contribution in [0.15, 0.2) is 16.9 Å². The van der Waals surface area contributed by atoms with Crippen molar-refractivity contribution in [2.75, 3.05) is 6.61 Å². The highest BCUT2D eigenvalue weighted by Gasteiger charge is 2.57. The molecule has 1 saturated heterocycles. The fourth-order valence-electron chi connectivity index (χ4n) is 3.00. The van der Waals surface area contributed by atoms with E-state index >= 15 is 0 Å². The molecule has 0 saturated carbocycles. The molecule has 0 unspecified atom stereocenters. The van der Waals surface area contributed by atoms with Gasteiger partial charge in [-0.3, -0.25) is 9.50 Å². The van der Waals surface area contributed by atoms with Crippen molar-refractivity contribution in [2.24, 2.45) is 0 Å². The van der Waals surface area contributed by atoms with Crippen LogP contribution in [0.2, 0.25) is 0 Å². The Morgan fingerprint density at radius 3 is 2.81 bits per heavy atom. The molecule has 10 heteroatoms. The summed E-state index contributed by atoms with van der Waals surface area (Å²) in [5.41, 5.74) is -1.84. The van der Waals surface area contributed by atoms with Gasteiger partial charge in [-0.05, 0) is 32.9 Å². The number of halogens is 1. The van der Waals surface area contributed by atoms with Crippen LogP contribution in [0, 0.1) is 18.3 Å². The zero-order valence-electron chi connectivity index (χ0n) is 14.5. The first kappa shape index (κ1) is 20.0. The van der Waals surface area contributed by atoms with Crippen molar-refractivity contribution in [3.8, 4) is 6.07 Å². The topological polar surface area (TPSA) is 133 Å². The molecule has 1 aliphatic rings. The summed E-state index contributed by atoms with van der Waals surface area (Å²) < 4.78 is 12.5. The average molecular weight is 368 g/mol. The standard InChI is InChI=1S/C16H20N4O5.FH/c1-8(2)24-6-11-13(21)14(22)16(7-17,25-11)12-5-4-10-15(23)18-9(3)19-20(10)12;/h4-5,8,11,13-14,21-22H,6H2,1-3H3,(H,18,19,23);1H/t11-,13-,14-,16+;/m1./s1. The van der Waals surface area contributed by atoms with Gasteiger partial charge in [0.15, 0.2) is 0 Å². The summed E-state index contributed by atoms with van der Waals surface area (Å²) in [6.07, 6.45) is -3.81. The van der Waals surface area contributed by atoms with Gasteiger partial charge in [0.05, 0.1) is 18.4 Å². The first-order valence-corrected chi connectivity index (χ1v) is 7.96. The molecule has 3 heterocycles. The summed E-state index contributed by atoms with van der Waals surface area (Å²) in [5.74, 6) is 0.343. The lowest BCUT2D eigenvalue weighted by atomic mass is 9.92. The number of aliphatic hydroxyl groups excluding tert-OH is 2.